The maximum absolute atomic E-state index is 12.2. The summed E-state index contributed by atoms with van der Waals surface area (Å²) in [5.74, 6) is -0.0385. The molecule has 0 fully saturated rings. The Morgan fingerprint density at radius 3 is 2.15 bits per heavy atom. The lowest BCUT2D eigenvalue weighted by atomic mass is 10.1. The average Bonchev–Trinajstić information content (AvgIpc) is 2.64. The lowest BCUT2D eigenvalue weighted by molar-refractivity contribution is -0.115. The van der Waals surface area contributed by atoms with Gasteiger partial charge in [-0.3, -0.25) is 4.79 Å². The van der Waals surface area contributed by atoms with Crippen LogP contribution in [0.4, 0.5) is 17.1 Å². The van der Waals surface area contributed by atoms with Crippen molar-refractivity contribution in [3.63, 3.8) is 0 Å². The number of benzene rings is 3. The summed E-state index contributed by atoms with van der Waals surface area (Å²) in [7, 11) is 0. The summed E-state index contributed by atoms with van der Waals surface area (Å²) in [6.07, 6.45) is 0.354. The summed E-state index contributed by atoms with van der Waals surface area (Å²) >= 11 is 0. The molecule has 4 heteroatoms. The lowest BCUT2D eigenvalue weighted by Gasteiger charge is -2.09. The molecule has 1 amide bonds. The number of hydrogen-bond donors (Lipinski definition) is 2. The molecule has 2 N–H and O–H groups in total. The Balaban J connectivity index is 1.58. The monoisotopic (exact) mass is 341 g/mol. The van der Waals surface area contributed by atoms with Crippen molar-refractivity contribution in [2.45, 2.75) is 13.3 Å². The molecule has 0 aliphatic carbocycles. The fraction of sp³-hybridized carbons (Fsp3) is 0.0909. The highest BCUT2D eigenvalue weighted by molar-refractivity contribution is 5.92. The quantitative estimate of drug-likeness (QED) is 0.701. The molecule has 128 valence electrons. The zero-order chi connectivity index (χ0) is 18.4. The number of carbonyl (C=O) groups excluding carboxylic acids is 1. The Morgan fingerprint density at radius 1 is 0.923 bits per heavy atom. The first kappa shape index (κ1) is 17.2. The molecule has 0 aliphatic rings. The zero-order valence-corrected chi connectivity index (χ0v) is 14.5. The Hall–Kier alpha value is -3.58. The Morgan fingerprint density at radius 2 is 1.54 bits per heavy atom. The number of nitrogens with zero attached hydrogens (tertiary/aromatic N) is 1. The molecule has 0 aromatic heterocycles. The highest BCUT2D eigenvalue weighted by atomic mass is 16.1. The maximum atomic E-state index is 12.2. The molecule has 0 heterocycles. The second-order valence-corrected chi connectivity index (χ2v) is 6.11. The molecule has 26 heavy (non-hydrogen) atoms. The number of amides is 1. The molecular formula is C22H19N3O. The molecule has 3 aromatic rings. The van der Waals surface area contributed by atoms with Crippen LogP contribution < -0.4 is 10.6 Å². The van der Waals surface area contributed by atoms with E-state index in [4.69, 9.17) is 5.26 Å². The van der Waals surface area contributed by atoms with Crippen LogP contribution in [-0.4, -0.2) is 5.91 Å². The van der Waals surface area contributed by atoms with Gasteiger partial charge in [-0.1, -0.05) is 29.8 Å². The zero-order valence-electron chi connectivity index (χ0n) is 14.5. The summed E-state index contributed by atoms with van der Waals surface area (Å²) in [6, 6.07) is 24.8. The third kappa shape index (κ3) is 4.71. The second-order valence-electron chi connectivity index (χ2n) is 6.11. The first-order valence-corrected chi connectivity index (χ1v) is 8.35. The van der Waals surface area contributed by atoms with E-state index in [0.717, 1.165) is 28.2 Å². The molecule has 3 aromatic carbocycles. The summed E-state index contributed by atoms with van der Waals surface area (Å²) in [5, 5.41) is 15.0. The number of rotatable bonds is 5. The van der Waals surface area contributed by atoms with Gasteiger partial charge in [0.05, 0.1) is 18.1 Å². The average molecular weight is 341 g/mol. The van der Waals surface area contributed by atoms with Crippen LogP contribution >= 0.6 is 0 Å². The van der Waals surface area contributed by atoms with Gasteiger partial charge in [0.25, 0.3) is 0 Å². The van der Waals surface area contributed by atoms with Crippen LogP contribution in [0.15, 0.2) is 72.8 Å². The van der Waals surface area contributed by atoms with Gasteiger partial charge in [-0.05, 0) is 61.0 Å². The minimum absolute atomic E-state index is 0.0385. The van der Waals surface area contributed by atoms with Crippen LogP contribution in [0.5, 0.6) is 0 Å². The van der Waals surface area contributed by atoms with E-state index >= 15 is 0 Å². The summed E-state index contributed by atoms with van der Waals surface area (Å²) in [5.41, 5.74) is 5.34. The molecule has 0 unspecified atom stereocenters. The van der Waals surface area contributed by atoms with Crippen LogP contribution in [0.25, 0.3) is 0 Å². The van der Waals surface area contributed by atoms with Crippen molar-refractivity contribution in [3.05, 3.63) is 89.5 Å². The minimum atomic E-state index is -0.0385. The van der Waals surface area contributed by atoms with E-state index in [2.05, 4.69) is 16.7 Å². The van der Waals surface area contributed by atoms with Crippen molar-refractivity contribution in [1.29, 1.82) is 5.26 Å². The van der Waals surface area contributed by atoms with Gasteiger partial charge in [0.15, 0.2) is 0 Å². The van der Waals surface area contributed by atoms with Gasteiger partial charge in [0, 0.05) is 17.1 Å². The van der Waals surface area contributed by atoms with Gasteiger partial charge in [0.2, 0.25) is 5.91 Å². The van der Waals surface area contributed by atoms with Gasteiger partial charge < -0.3 is 10.6 Å². The van der Waals surface area contributed by atoms with E-state index in [9.17, 15) is 4.79 Å². The third-order valence-electron chi connectivity index (χ3n) is 3.92. The van der Waals surface area contributed by atoms with Crippen LogP contribution in [0, 0.1) is 18.3 Å². The van der Waals surface area contributed by atoms with Crippen LogP contribution in [0.1, 0.15) is 16.7 Å². The largest absolute Gasteiger partial charge is 0.356 e. The lowest BCUT2D eigenvalue weighted by Crippen LogP contribution is -2.14. The predicted octanol–water partition coefficient (Wildman–Crippen LogP) is 4.79. The van der Waals surface area contributed by atoms with Gasteiger partial charge in [-0.15, -0.1) is 0 Å². The molecule has 0 atom stereocenters. The van der Waals surface area contributed by atoms with Gasteiger partial charge in [-0.2, -0.15) is 5.26 Å². The first-order valence-electron chi connectivity index (χ1n) is 8.35. The van der Waals surface area contributed by atoms with Crippen molar-refractivity contribution in [2.24, 2.45) is 0 Å². The first-order chi connectivity index (χ1) is 12.6. The molecule has 0 saturated heterocycles. The maximum Gasteiger partial charge on any atom is 0.228 e. The number of hydrogen-bond acceptors (Lipinski definition) is 3. The highest BCUT2D eigenvalue weighted by Gasteiger charge is 2.05. The minimum Gasteiger partial charge on any atom is -0.356 e. The predicted molar refractivity (Wildman–Crippen MR) is 104 cm³/mol. The molecule has 0 saturated carbocycles. The van der Waals surface area contributed by atoms with E-state index in [1.54, 1.807) is 12.1 Å². The van der Waals surface area contributed by atoms with Crippen LogP contribution in [-0.2, 0) is 11.2 Å². The number of carbonyl (C=O) groups is 1. The molecule has 0 bridgehead atoms. The van der Waals surface area contributed by atoms with Crippen molar-refractivity contribution < 1.29 is 4.79 Å². The smallest absolute Gasteiger partial charge is 0.228 e. The molecular weight excluding hydrogens is 322 g/mol. The van der Waals surface area contributed by atoms with Crippen LogP contribution in [0.2, 0.25) is 0 Å². The highest BCUT2D eigenvalue weighted by Crippen LogP contribution is 2.19. The Bertz CT molecular complexity index is 938. The Kier molecular flexibility index (Phi) is 5.31. The number of nitrogens with one attached hydrogen (secondary N) is 2. The van der Waals surface area contributed by atoms with E-state index in [1.165, 1.54) is 0 Å². The van der Waals surface area contributed by atoms with Crippen molar-refractivity contribution in [2.75, 3.05) is 10.6 Å². The van der Waals surface area contributed by atoms with Gasteiger partial charge in [0.1, 0.15) is 0 Å². The van der Waals surface area contributed by atoms with E-state index < -0.39 is 0 Å². The van der Waals surface area contributed by atoms with Crippen molar-refractivity contribution >= 4 is 23.0 Å². The SMILES string of the molecule is Cc1cccc(CC(=O)Nc2ccc(Nc3ccc(C#N)cc3)cc2)c1. The number of nitriles is 1. The fourth-order valence-corrected chi connectivity index (χ4v) is 2.64. The molecule has 3 rings (SSSR count). The third-order valence-corrected chi connectivity index (χ3v) is 3.92. The standard InChI is InChI=1S/C22H19N3O/c1-16-3-2-4-18(13-16)14-22(26)25-21-11-9-20(10-12-21)24-19-7-5-17(15-23)6-8-19/h2-13,24H,14H2,1H3,(H,25,26). The van der Waals surface area contributed by atoms with Crippen molar-refractivity contribution in [3.8, 4) is 6.07 Å². The summed E-state index contributed by atoms with van der Waals surface area (Å²) in [4.78, 5) is 12.2. The summed E-state index contributed by atoms with van der Waals surface area (Å²) < 4.78 is 0. The van der Waals surface area contributed by atoms with E-state index in [1.807, 2.05) is 67.6 Å². The Labute approximate surface area is 153 Å². The number of anilines is 3. The molecule has 0 radical (unpaired) electrons. The van der Waals surface area contributed by atoms with Crippen molar-refractivity contribution in [1.82, 2.24) is 0 Å². The number of aryl methyl sites for hydroxylation is 1. The van der Waals surface area contributed by atoms with E-state index in [-0.39, 0.29) is 5.91 Å². The summed E-state index contributed by atoms with van der Waals surface area (Å²) in [6.45, 7) is 2.01. The van der Waals surface area contributed by atoms with E-state index in [0.29, 0.717) is 12.0 Å². The molecule has 4 nitrogen and oxygen atoms in total. The topological polar surface area (TPSA) is 64.9 Å². The normalized spacial score (nSPS) is 10.0. The molecule has 0 aliphatic heterocycles. The van der Waals surface area contributed by atoms with Gasteiger partial charge in [-0.25, -0.2) is 0 Å². The second kappa shape index (κ2) is 8.00. The molecule has 0 spiro atoms. The van der Waals surface area contributed by atoms with Gasteiger partial charge >= 0.3 is 0 Å². The van der Waals surface area contributed by atoms with Crippen LogP contribution in [0.3, 0.4) is 0 Å². The fourth-order valence-electron chi connectivity index (χ4n) is 2.64.